The number of nitrogens with zero attached hydrogens (tertiary/aromatic N) is 1. The van der Waals surface area contributed by atoms with Crippen molar-refractivity contribution in [3.63, 3.8) is 0 Å². The van der Waals surface area contributed by atoms with Crippen LogP contribution in [0.2, 0.25) is 5.02 Å². The normalized spacial score (nSPS) is 10.5. The molecular weight excluding hydrogens is 256 g/mol. The maximum Gasteiger partial charge on any atom is 0.0430 e. The molecule has 0 aliphatic carbocycles. The molecule has 0 fully saturated rings. The molecule has 2 N–H and O–H groups in total. The Kier molecular flexibility index (Phi) is 4.33. The molecule has 0 unspecified atom stereocenters. The average molecular weight is 275 g/mol. The molecule has 2 aromatic carbocycles. The van der Waals surface area contributed by atoms with Gasteiger partial charge in [-0.2, -0.15) is 0 Å². The van der Waals surface area contributed by atoms with Gasteiger partial charge in [-0.05, 0) is 49.2 Å². The van der Waals surface area contributed by atoms with E-state index in [0.29, 0.717) is 10.7 Å². The molecule has 2 nitrogen and oxygen atoms in total. The summed E-state index contributed by atoms with van der Waals surface area (Å²) < 4.78 is 0. The molecule has 0 heterocycles. The van der Waals surface area contributed by atoms with Crippen LogP contribution in [0.5, 0.6) is 0 Å². The van der Waals surface area contributed by atoms with Gasteiger partial charge in [0, 0.05) is 29.5 Å². The van der Waals surface area contributed by atoms with Gasteiger partial charge in [-0.3, -0.25) is 0 Å². The second kappa shape index (κ2) is 5.98. The van der Waals surface area contributed by atoms with Gasteiger partial charge in [-0.25, -0.2) is 0 Å². The van der Waals surface area contributed by atoms with Crippen LogP contribution >= 0.6 is 11.6 Å². The number of nitrogens with two attached hydrogens (primary N) is 1. The summed E-state index contributed by atoms with van der Waals surface area (Å²) in [5, 5.41) is 0.691. The first kappa shape index (κ1) is 13.8. The predicted octanol–water partition coefficient (Wildman–Crippen LogP) is 4.26. The quantitative estimate of drug-likeness (QED) is 0.844. The molecule has 19 heavy (non-hydrogen) atoms. The molecule has 0 radical (unpaired) electrons. The second-order valence-electron chi connectivity index (χ2n) is 4.69. The van der Waals surface area contributed by atoms with Crippen molar-refractivity contribution in [2.45, 2.75) is 20.4 Å². The molecule has 0 saturated heterocycles. The summed E-state index contributed by atoms with van der Waals surface area (Å²) in [6.07, 6.45) is 0. The van der Waals surface area contributed by atoms with E-state index in [1.807, 2.05) is 12.1 Å². The van der Waals surface area contributed by atoms with Crippen molar-refractivity contribution >= 4 is 23.0 Å². The van der Waals surface area contributed by atoms with Crippen LogP contribution in [-0.4, -0.2) is 6.54 Å². The molecule has 100 valence electrons. The van der Waals surface area contributed by atoms with Gasteiger partial charge in [0.15, 0.2) is 0 Å². The Bertz CT molecular complexity index is 546. The highest BCUT2D eigenvalue weighted by Gasteiger charge is 2.08. The highest BCUT2D eigenvalue weighted by atomic mass is 35.5. The maximum absolute atomic E-state index is 6.06. The van der Waals surface area contributed by atoms with Crippen molar-refractivity contribution in [3.05, 3.63) is 58.6 Å². The molecule has 0 aliphatic heterocycles. The van der Waals surface area contributed by atoms with E-state index in [1.165, 1.54) is 11.3 Å². The molecule has 0 aromatic heterocycles. The molecular formula is C16H19ClN2. The van der Waals surface area contributed by atoms with E-state index in [9.17, 15) is 0 Å². The summed E-state index contributed by atoms with van der Waals surface area (Å²) in [6, 6.07) is 14.1. The number of halogens is 1. The van der Waals surface area contributed by atoms with Gasteiger partial charge in [0.2, 0.25) is 0 Å². The van der Waals surface area contributed by atoms with Crippen LogP contribution in [0.15, 0.2) is 42.5 Å². The molecule has 0 amide bonds. The molecule has 0 bridgehead atoms. The number of hydrogen-bond donors (Lipinski definition) is 1. The van der Waals surface area contributed by atoms with Crippen LogP contribution in [0.25, 0.3) is 0 Å². The smallest absolute Gasteiger partial charge is 0.0430 e. The SMILES string of the molecule is CCN(Cc1cc(N)cc(Cl)c1)c1ccccc1C. The zero-order valence-corrected chi connectivity index (χ0v) is 12.1. The van der Waals surface area contributed by atoms with Crippen LogP contribution in [0.4, 0.5) is 11.4 Å². The first-order valence-corrected chi connectivity index (χ1v) is 6.83. The van der Waals surface area contributed by atoms with Gasteiger partial charge >= 0.3 is 0 Å². The third-order valence-corrected chi connectivity index (χ3v) is 3.41. The fourth-order valence-corrected chi connectivity index (χ4v) is 2.54. The van der Waals surface area contributed by atoms with Crippen molar-refractivity contribution in [1.82, 2.24) is 0 Å². The Labute approximate surface area is 119 Å². The van der Waals surface area contributed by atoms with Gasteiger partial charge < -0.3 is 10.6 Å². The Hall–Kier alpha value is -1.67. The molecule has 0 aliphatic rings. The summed E-state index contributed by atoms with van der Waals surface area (Å²) in [5.74, 6) is 0. The number of anilines is 2. The summed E-state index contributed by atoms with van der Waals surface area (Å²) in [5.41, 5.74) is 10.2. The Morgan fingerprint density at radius 1 is 1.16 bits per heavy atom. The van der Waals surface area contributed by atoms with E-state index < -0.39 is 0 Å². The molecule has 3 heteroatoms. The monoisotopic (exact) mass is 274 g/mol. The van der Waals surface area contributed by atoms with Crippen LogP contribution < -0.4 is 10.6 Å². The lowest BCUT2D eigenvalue weighted by atomic mass is 10.1. The number of benzene rings is 2. The van der Waals surface area contributed by atoms with Gasteiger partial charge in [0.25, 0.3) is 0 Å². The largest absolute Gasteiger partial charge is 0.399 e. The summed E-state index contributed by atoms with van der Waals surface area (Å²) in [4.78, 5) is 2.32. The van der Waals surface area contributed by atoms with Crippen LogP contribution in [-0.2, 0) is 6.54 Å². The highest BCUT2D eigenvalue weighted by Crippen LogP contribution is 2.23. The van der Waals surface area contributed by atoms with Gasteiger partial charge in [0.05, 0.1) is 0 Å². The maximum atomic E-state index is 6.06. The van der Waals surface area contributed by atoms with Crippen molar-refractivity contribution in [3.8, 4) is 0 Å². The van der Waals surface area contributed by atoms with E-state index >= 15 is 0 Å². The molecule has 0 spiro atoms. The first-order valence-electron chi connectivity index (χ1n) is 6.45. The topological polar surface area (TPSA) is 29.3 Å². The van der Waals surface area contributed by atoms with E-state index in [-0.39, 0.29) is 0 Å². The van der Waals surface area contributed by atoms with Crippen molar-refractivity contribution < 1.29 is 0 Å². The number of para-hydroxylation sites is 1. The van der Waals surface area contributed by atoms with E-state index in [4.69, 9.17) is 17.3 Å². The molecule has 2 aromatic rings. The average Bonchev–Trinajstić information content (AvgIpc) is 2.36. The van der Waals surface area contributed by atoms with Gasteiger partial charge in [0.1, 0.15) is 0 Å². The van der Waals surface area contributed by atoms with Crippen LogP contribution in [0, 0.1) is 6.92 Å². The number of aryl methyl sites for hydroxylation is 1. The third kappa shape index (κ3) is 3.42. The lowest BCUT2D eigenvalue weighted by Gasteiger charge is -2.25. The number of rotatable bonds is 4. The number of hydrogen-bond acceptors (Lipinski definition) is 2. The van der Waals surface area contributed by atoms with E-state index in [1.54, 1.807) is 6.07 Å². The fourth-order valence-electron chi connectivity index (χ4n) is 2.27. The van der Waals surface area contributed by atoms with Crippen LogP contribution in [0.3, 0.4) is 0 Å². The predicted molar refractivity (Wildman–Crippen MR) is 83.8 cm³/mol. The minimum absolute atomic E-state index is 0.691. The second-order valence-corrected chi connectivity index (χ2v) is 5.13. The highest BCUT2D eigenvalue weighted by molar-refractivity contribution is 6.30. The first-order chi connectivity index (χ1) is 9.10. The molecule has 2 rings (SSSR count). The van der Waals surface area contributed by atoms with Gasteiger partial charge in [-0.15, -0.1) is 0 Å². The lowest BCUT2D eigenvalue weighted by molar-refractivity contribution is 0.828. The molecule has 0 saturated carbocycles. The van der Waals surface area contributed by atoms with Crippen molar-refractivity contribution in [2.75, 3.05) is 17.2 Å². The van der Waals surface area contributed by atoms with Gasteiger partial charge in [-0.1, -0.05) is 29.8 Å². The summed E-state index contributed by atoms with van der Waals surface area (Å²) in [7, 11) is 0. The Morgan fingerprint density at radius 3 is 2.53 bits per heavy atom. The van der Waals surface area contributed by atoms with E-state index in [2.05, 4.69) is 43.0 Å². The standard InChI is InChI=1S/C16H19ClN2/c1-3-19(16-7-5-4-6-12(16)2)11-13-8-14(17)10-15(18)9-13/h4-10H,3,11,18H2,1-2H3. The summed E-state index contributed by atoms with van der Waals surface area (Å²) in [6.45, 7) is 6.04. The Balaban J connectivity index is 2.26. The molecule has 0 atom stereocenters. The third-order valence-electron chi connectivity index (χ3n) is 3.19. The Morgan fingerprint density at radius 2 is 1.89 bits per heavy atom. The van der Waals surface area contributed by atoms with Crippen molar-refractivity contribution in [2.24, 2.45) is 0 Å². The van der Waals surface area contributed by atoms with E-state index in [0.717, 1.165) is 18.7 Å². The lowest BCUT2D eigenvalue weighted by Crippen LogP contribution is -2.22. The zero-order chi connectivity index (χ0) is 13.8. The zero-order valence-electron chi connectivity index (χ0n) is 11.4. The minimum Gasteiger partial charge on any atom is -0.399 e. The van der Waals surface area contributed by atoms with Crippen molar-refractivity contribution in [1.29, 1.82) is 0 Å². The minimum atomic E-state index is 0.691. The summed E-state index contributed by atoms with van der Waals surface area (Å²) >= 11 is 6.06. The fraction of sp³-hybridized carbons (Fsp3) is 0.250. The van der Waals surface area contributed by atoms with Crippen LogP contribution in [0.1, 0.15) is 18.1 Å². The number of nitrogen functional groups attached to an aromatic ring is 1.